The molecule has 7 heteroatoms. The minimum absolute atomic E-state index is 0.150. The van der Waals surface area contributed by atoms with Gasteiger partial charge >= 0.3 is 0 Å². The lowest BCUT2D eigenvalue weighted by Crippen LogP contribution is -2.38. The quantitative estimate of drug-likeness (QED) is 0.790. The second-order valence-electron chi connectivity index (χ2n) is 5.88. The van der Waals surface area contributed by atoms with Gasteiger partial charge in [-0.1, -0.05) is 23.7 Å². The summed E-state index contributed by atoms with van der Waals surface area (Å²) in [7, 11) is 4.71. The van der Waals surface area contributed by atoms with Crippen LogP contribution in [0.2, 0.25) is 5.02 Å². The fourth-order valence-electron chi connectivity index (χ4n) is 2.59. The number of hydrogen-bond donors (Lipinski definition) is 1. The van der Waals surface area contributed by atoms with E-state index in [2.05, 4.69) is 5.32 Å². The third-order valence-corrected chi connectivity index (χ3v) is 4.20. The van der Waals surface area contributed by atoms with Crippen molar-refractivity contribution in [2.75, 3.05) is 26.6 Å². The highest BCUT2D eigenvalue weighted by Crippen LogP contribution is 2.36. The zero-order valence-corrected chi connectivity index (χ0v) is 15.9. The van der Waals surface area contributed by atoms with Crippen molar-refractivity contribution in [1.82, 2.24) is 4.90 Å². The number of hydrogen-bond acceptors (Lipinski definition) is 4. The van der Waals surface area contributed by atoms with Gasteiger partial charge in [-0.25, -0.2) is 4.39 Å². The van der Waals surface area contributed by atoms with Crippen LogP contribution in [0.25, 0.3) is 0 Å². The molecule has 0 fully saturated rings. The molecule has 140 valence electrons. The van der Waals surface area contributed by atoms with E-state index in [1.165, 1.54) is 31.3 Å². The van der Waals surface area contributed by atoms with Crippen molar-refractivity contribution < 1.29 is 18.7 Å². The molecule has 0 aliphatic carbocycles. The molecule has 0 aliphatic heterocycles. The van der Waals surface area contributed by atoms with E-state index in [0.717, 1.165) is 5.56 Å². The first-order valence-corrected chi connectivity index (χ1v) is 8.41. The summed E-state index contributed by atoms with van der Waals surface area (Å²) < 4.78 is 23.8. The molecular formula is C19H22ClFN2O3. The van der Waals surface area contributed by atoms with E-state index in [9.17, 15) is 9.18 Å². The number of methoxy groups -OCH3 is 2. The first kappa shape index (κ1) is 19.8. The van der Waals surface area contributed by atoms with Gasteiger partial charge in [-0.05, 0) is 30.7 Å². The fraction of sp³-hybridized carbons (Fsp3) is 0.316. The summed E-state index contributed by atoms with van der Waals surface area (Å²) in [6.45, 7) is 2.05. The van der Waals surface area contributed by atoms with Crippen molar-refractivity contribution in [3.8, 4) is 11.5 Å². The maximum absolute atomic E-state index is 13.3. The Labute approximate surface area is 157 Å². The van der Waals surface area contributed by atoms with E-state index in [-0.39, 0.29) is 11.7 Å². The number of anilines is 1. The Kier molecular flexibility index (Phi) is 6.69. The molecule has 5 nitrogen and oxygen atoms in total. The smallest absolute Gasteiger partial charge is 0.244 e. The van der Waals surface area contributed by atoms with Gasteiger partial charge in [0.05, 0.1) is 24.9 Å². The normalized spacial score (nSPS) is 11.6. The van der Waals surface area contributed by atoms with Gasteiger partial charge in [0, 0.05) is 19.7 Å². The Hall–Kier alpha value is -2.47. The lowest BCUT2D eigenvalue weighted by Gasteiger charge is -2.24. The molecule has 0 aromatic heterocycles. The maximum atomic E-state index is 13.3. The van der Waals surface area contributed by atoms with Crippen LogP contribution in [-0.4, -0.2) is 38.1 Å². The summed E-state index contributed by atoms with van der Waals surface area (Å²) >= 11 is 6.15. The summed E-state index contributed by atoms with van der Waals surface area (Å²) in [5, 5.41) is 3.51. The van der Waals surface area contributed by atoms with Crippen molar-refractivity contribution >= 4 is 23.2 Å². The molecular weight excluding hydrogens is 359 g/mol. The van der Waals surface area contributed by atoms with Crippen LogP contribution >= 0.6 is 11.6 Å². The van der Waals surface area contributed by atoms with Gasteiger partial charge in [0.2, 0.25) is 5.91 Å². The van der Waals surface area contributed by atoms with Gasteiger partial charge in [-0.2, -0.15) is 0 Å². The molecule has 0 saturated carbocycles. The summed E-state index contributed by atoms with van der Waals surface area (Å²) in [6, 6.07) is 8.94. The molecule has 0 spiro atoms. The van der Waals surface area contributed by atoms with Crippen molar-refractivity contribution in [1.29, 1.82) is 0 Å². The monoisotopic (exact) mass is 380 g/mol. The number of carbonyl (C=O) groups is 1. The highest BCUT2D eigenvalue weighted by atomic mass is 35.5. The number of nitrogens with one attached hydrogen (secondary N) is 1. The maximum Gasteiger partial charge on any atom is 0.244 e. The molecule has 2 aromatic carbocycles. The Morgan fingerprint density at radius 1 is 1.23 bits per heavy atom. The molecule has 0 radical (unpaired) electrons. The van der Waals surface area contributed by atoms with Crippen molar-refractivity contribution in [3.63, 3.8) is 0 Å². The van der Waals surface area contributed by atoms with E-state index in [1.807, 2.05) is 0 Å². The SMILES string of the molecule is COc1cc(OC)c(NC(C)C(=O)N(C)Cc2cccc(F)c2)cc1Cl. The Morgan fingerprint density at radius 2 is 1.92 bits per heavy atom. The average molecular weight is 381 g/mol. The molecule has 2 rings (SSSR count). The fourth-order valence-corrected chi connectivity index (χ4v) is 2.83. The van der Waals surface area contributed by atoms with Crippen LogP contribution in [0, 0.1) is 5.82 Å². The van der Waals surface area contributed by atoms with Crippen LogP contribution < -0.4 is 14.8 Å². The van der Waals surface area contributed by atoms with Gasteiger partial charge in [0.15, 0.2) is 0 Å². The predicted molar refractivity (Wildman–Crippen MR) is 101 cm³/mol. The molecule has 1 amide bonds. The van der Waals surface area contributed by atoms with Crippen LogP contribution in [-0.2, 0) is 11.3 Å². The molecule has 0 aliphatic rings. The molecule has 2 aromatic rings. The Morgan fingerprint density at radius 3 is 2.54 bits per heavy atom. The molecule has 1 N–H and O–H groups in total. The van der Waals surface area contributed by atoms with Gasteiger partial charge in [0.25, 0.3) is 0 Å². The average Bonchev–Trinajstić information content (AvgIpc) is 2.61. The summed E-state index contributed by atoms with van der Waals surface area (Å²) in [6.07, 6.45) is 0. The zero-order valence-electron chi connectivity index (χ0n) is 15.2. The molecule has 0 bridgehead atoms. The third kappa shape index (κ3) is 4.79. The summed E-state index contributed by atoms with van der Waals surface area (Å²) in [5.74, 6) is 0.519. The second kappa shape index (κ2) is 8.76. The van der Waals surface area contributed by atoms with Gasteiger partial charge in [-0.3, -0.25) is 4.79 Å². The predicted octanol–water partition coefficient (Wildman–Crippen LogP) is 3.96. The topological polar surface area (TPSA) is 50.8 Å². The van der Waals surface area contributed by atoms with Crippen LogP contribution in [0.1, 0.15) is 12.5 Å². The highest BCUT2D eigenvalue weighted by Gasteiger charge is 2.20. The molecule has 0 saturated heterocycles. The van der Waals surface area contributed by atoms with Gasteiger partial charge in [0.1, 0.15) is 23.4 Å². The van der Waals surface area contributed by atoms with Crippen LogP contribution in [0.3, 0.4) is 0 Å². The van der Waals surface area contributed by atoms with Crippen LogP contribution in [0.5, 0.6) is 11.5 Å². The number of ether oxygens (including phenoxy) is 2. The standard InChI is InChI=1S/C19H22ClFN2O3/c1-12(19(24)23(2)11-13-6-5-7-14(21)8-13)22-16-9-15(20)17(25-3)10-18(16)26-4/h5-10,12,22H,11H2,1-4H3. The largest absolute Gasteiger partial charge is 0.495 e. The number of nitrogens with zero attached hydrogens (tertiary/aromatic N) is 1. The Bertz CT molecular complexity index is 785. The molecule has 1 atom stereocenters. The number of likely N-dealkylation sites (N-methyl/N-ethyl adjacent to an activating group) is 1. The highest BCUT2D eigenvalue weighted by molar-refractivity contribution is 6.32. The summed E-state index contributed by atoms with van der Waals surface area (Å²) in [4.78, 5) is 14.1. The van der Waals surface area contributed by atoms with Crippen LogP contribution in [0.4, 0.5) is 10.1 Å². The minimum Gasteiger partial charge on any atom is -0.495 e. The van der Waals surface area contributed by atoms with E-state index in [1.54, 1.807) is 38.2 Å². The zero-order chi connectivity index (χ0) is 19.3. The lowest BCUT2D eigenvalue weighted by atomic mass is 10.2. The van der Waals surface area contributed by atoms with Crippen molar-refractivity contribution in [2.45, 2.75) is 19.5 Å². The molecule has 0 heterocycles. The number of benzene rings is 2. The Balaban J connectivity index is 2.10. The first-order chi connectivity index (χ1) is 12.3. The van der Waals surface area contributed by atoms with E-state index in [0.29, 0.717) is 28.8 Å². The lowest BCUT2D eigenvalue weighted by molar-refractivity contribution is -0.130. The molecule has 1 unspecified atom stereocenters. The van der Waals surface area contributed by atoms with E-state index in [4.69, 9.17) is 21.1 Å². The number of rotatable bonds is 7. The van der Waals surface area contributed by atoms with Gasteiger partial charge < -0.3 is 19.7 Å². The number of halogens is 2. The van der Waals surface area contributed by atoms with E-state index >= 15 is 0 Å². The number of amides is 1. The van der Waals surface area contributed by atoms with Gasteiger partial charge in [-0.15, -0.1) is 0 Å². The van der Waals surface area contributed by atoms with Crippen molar-refractivity contribution in [3.05, 3.63) is 52.8 Å². The molecule has 26 heavy (non-hydrogen) atoms. The minimum atomic E-state index is -0.535. The summed E-state index contributed by atoms with van der Waals surface area (Å²) in [5.41, 5.74) is 1.30. The third-order valence-electron chi connectivity index (χ3n) is 3.90. The first-order valence-electron chi connectivity index (χ1n) is 8.03. The van der Waals surface area contributed by atoms with E-state index < -0.39 is 6.04 Å². The second-order valence-corrected chi connectivity index (χ2v) is 6.28. The van der Waals surface area contributed by atoms with Crippen molar-refractivity contribution in [2.24, 2.45) is 0 Å². The van der Waals surface area contributed by atoms with Crippen LogP contribution in [0.15, 0.2) is 36.4 Å². The number of carbonyl (C=O) groups excluding carboxylic acids is 1.